The first-order chi connectivity index (χ1) is 16.2. The first-order valence-corrected chi connectivity index (χ1v) is 12.2. The van der Waals surface area contributed by atoms with Gasteiger partial charge in [0.25, 0.3) is 0 Å². The lowest BCUT2D eigenvalue weighted by molar-refractivity contribution is -0.138. The van der Waals surface area contributed by atoms with Gasteiger partial charge in [0.05, 0.1) is 11.3 Å². The van der Waals surface area contributed by atoms with Crippen LogP contribution in [0.1, 0.15) is 42.0 Å². The maximum absolute atomic E-state index is 13.5. The Morgan fingerprint density at radius 2 is 2.09 bits per heavy atom. The molecule has 2 fully saturated rings. The van der Waals surface area contributed by atoms with Crippen LogP contribution in [0.25, 0.3) is 11.6 Å². The predicted molar refractivity (Wildman–Crippen MR) is 119 cm³/mol. The Bertz CT molecular complexity index is 1190. The molecule has 2 aliphatic rings. The molecule has 0 bridgehead atoms. The summed E-state index contributed by atoms with van der Waals surface area (Å²) in [5.41, 5.74) is 0.0638. The van der Waals surface area contributed by atoms with Gasteiger partial charge in [0, 0.05) is 19.3 Å². The lowest BCUT2D eigenvalue weighted by Gasteiger charge is -2.17. The van der Waals surface area contributed by atoms with Gasteiger partial charge in [-0.15, -0.1) is 10.2 Å². The Hall–Kier alpha value is -2.40. The van der Waals surface area contributed by atoms with Crippen molar-refractivity contribution in [2.24, 2.45) is 12.5 Å². The minimum atomic E-state index is -4.54. The van der Waals surface area contributed by atoms with E-state index >= 15 is 0 Å². The summed E-state index contributed by atoms with van der Waals surface area (Å²) in [4.78, 5) is 6.42. The van der Waals surface area contributed by atoms with Crippen molar-refractivity contribution in [2.45, 2.75) is 43.4 Å². The van der Waals surface area contributed by atoms with Crippen LogP contribution in [-0.2, 0) is 13.2 Å². The molecule has 1 saturated heterocycles. The van der Waals surface area contributed by atoms with Crippen LogP contribution in [0.4, 0.5) is 17.6 Å². The Labute approximate surface area is 198 Å². The SMILES string of the molecule is Cc1ncoc1-c1nnc(SCCCN2CCC3(C[C@@H]3c3ccc(F)cc3C(F)(F)F)C2)n1C. The van der Waals surface area contributed by atoms with Crippen molar-refractivity contribution < 1.29 is 22.0 Å². The number of hydrogen-bond donors (Lipinski definition) is 0. The van der Waals surface area contributed by atoms with Gasteiger partial charge in [0.2, 0.25) is 5.82 Å². The molecule has 1 spiro atoms. The van der Waals surface area contributed by atoms with Gasteiger partial charge in [0.15, 0.2) is 17.3 Å². The van der Waals surface area contributed by atoms with Crippen molar-refractivity contribution in [3.05, 3.63) is 47.2 Å². The molecule has 6 nitrogen and oxygen atoms in total. The van der Waals surface area contributed by atoms with Crippen LogP contribution in [0.5, 0.6) is 0 Å². The zero-order valence-corrected chi connectivity index (χ0v) is 19.7. The van der Waals surface area contributed by atoms with Crippen LogP contribution in [0, 0.1) is 18.2 Å². The zero-order chi connectivity index (χ0) is 24.1. The summed E-state index contributed by atoms with van der Waals surface area (Å²) in [6.45, 7) is 4.40. The molecular weight excluding hydrogens is 470 g/mol. The van der Waals surface area contributed by atoms with E-state index in [1.807, 2.05) is 18.5 Å². The average Bonchev–Trinajstić information content (AvgIpc) is 3.07. The number of nitrogens with zero attached hydrogens (tertiary/aromatic N) is 5. The smallest absolute Gasteiger partial charge is 0.416 e. The lowest BCUT2D eigenvalue weighted by atomic mass is 9.94. The van der Waals surface area contributed by atoms with Crippen molar-refractivity contribution in [3.8, 4) is 11.6 Å². The van der Waals surface area contributed by atoms with Crippen LogP contribution in [-0.4, -0.2) is 50.0 Å². The zero-order valence-electron chi connectivity index (χ0n) is 18.9. The van der Waals surface area contributed by atoms with E-state index in [2.05, 4.69) is 20.1 Å². The molecule has 1 saturated carbocycles. The second-order valence-corrected chi connectivity index (χ2v) is 10.3. The number of likely N-dealkylation sites (tertiary alicyclic amines) is 1. The molecule has 2 aromatic heterocycles. The molecule has 2 atom stereocenters. The number of thioether (sulfide) groups is 1. The predicted octanol–water partition coefficient (Wildman–Crippen LogP) is 5.30. The summed E-state index contributed by atoms with van der Waals surface area (Å²) in [5, 5.41) is 9.26. The van der Waals surface area contributed by atoms with Crippen molar-refractivity contribution in [3.63, 3.8) is 0 Å². The first kappa shape index (κ1) is 23.3. The lowest BCUT2D eigenvalue weighted by Crippen LogP contribution is -2.23. The summed E-state index contributed by atoms with van der Waals surface area (Å²) < 4.78 is 61.1. The van der Waals surface area contributed by atoms with Crippen molar-refractivity contribution in [1.29, 1.82) is 0 Å². The molecule has 182 valence electrons. The molecule has 0 amide bonds. The second kappa shape index (κ2) is 8.67. The number of aromatic nitrogens is 4. The van der Waals surface area contributed by atoms with Crippen LogP contribution in [0.3, 0.4) is 0 Å². The number of rotatable bonds is 7. The molecule has 3 aromatic rings. The largest absolute Gasteiger partial charge is 0.440 e. The van der Waals surface area contributed by atoms with Crippen LogP contribution in [0.15, 0.2) is 34.2 Å². The van der Waals surface area contributed by atoms with Crippen molar-refractivity contribution in [2.75, 3.05) is 25.4 Å². The fourth-order valence-corrected chi connectivity index (χ4v) is 5.93. The highest BCUT2D eigenvalue weighted by Gasteiger charge is 2.59. The van der Waals surface area contributed by atoms with Gasteiger partial charge >= 0.3 is 6.18 Å². The monoisotopic (exact) mass is 495 g/mol. The molecule has 1 aromatic carbocycles. The quantitative estimate of drug-likeness (QED) is 0.252. The third-order valence-corrected chi connectivity index (χ3v) is 8.09. The molecule has 11 heteroatoms. The highest BCUT2D eigenvalue weighted by Crippen LogP contribution is 2.65. The minimum Gasteiger partial charge on any atom is -0.440 e. The number of aryl methyl sites for hydroxylation is 1. The summed E-state index contributed by atoms with van der Waals surface area (Å²) in [6.07, 6.45) is -0.611. The van der Waals surface area contributed by atoms with Gasteiger partial charge in [-0.25, -0.2) is 9.37 Å². The van der Waals surface area contributed by atoms with Gasteiger partial charge in [0.1, 0.15) is 5.82 Å². The standard InChI is InChI=1S/C23H25F4N5OS/c1-14-19(33-13-28-14)20-29-30-21(31(20)2)34-9-3-7-32-8-6-22(12-32)11-18(22)16-5-4-15(24)10-17(16)23(25,26)27/h4-5,10,13,18H,3,6-9,11-12H2,1-2H3/t18-,22?/m1/s1. The van der Waals surface area contributed by atoms with E-state index in [4.69, 9.17) is 4.42 Å². The highest BCUT2D eigenvalue weighted by molar-refractivity contribution is 7.99. The van der Waals surface area contributed by atoms with E-state index in [9.17, 15) is 17.6 Å². The van der Waals surface area contributed by atoms with E-state index < -0.39 is 17.6 Å². The topological polar surface area (TPSA) is 60.0 Å². The average molecular weight is 496 g/mol. The van der Waals surface area contributed by atoms with E-state index in [1.54, 1.807) is 11.8 Å². The molecule has 0 radical (unpaired) electrons. The van der Waals surface area contributed by atoms with Gasteiger partial charge in [-0.2, -0.15) is 13.2 Å². The molecule has 3 heterocycles. The molecule has 1 aliphatic heterocycles. The Kier molecular flexibility index (Phi) is 5.96. The molecule has 1 aliphatic carbocycles. The third-order valence-electron chi connectivity index (χ3n) is 6.98. The summed E-state index contributed by atoms with van der Waals surface area (Å²) in [7, 11) is 1.89. The molecular formula is C23H25F4N5OS. The van der Waals surface area contributed by atoms with Gasteiger partial charge in [-0.05, 0) is 68.3 Å². The van der Waals surface area contributed by atoms with Crippen molar-refractivity contribution >= 4 is 11.8 Å². The summed E-state index contributed by atoms with van der Waals surface area (Å²) >= 11 is 1.61. The number of benzene rings is 1. The van der Waals surface area contributed by atoms with E-state index in [-0.39, 0.29) is 16.9 Å². The Morgan fingerprint density at radius 3 is 2.82 bits per heavy atom. The van der Waals surface area contributed by atoms with Crippen LogP contribution >= 0.6 is 11.8 Å². The molecule has 0 N–H and O–H groups in total. The maximum atomic E-state index is 13.5. The van der Waals surface area contributed by atoms with E-state index in [0.29, 0.717) is 17.7 Å². The number of halogens is 4. The molecule has 34 heavy (non-hydrogen) atoms. The maximum Gasteiger partial charge on any atom is 0.416 e. The fourth-order valence-electron chi connectivity index (χ4n) is 5.10. The minimum absolute atomic E-state index is 0.113. The Morgan fingerprint density at radius 1 is 1.26 bits per heavy atom. The molecule has 1 unspecified atom stereocenters. The van der Waals surface area contributed by atoms with Gasteiger partial charge in [-0.3, -0.25) is 0 Å². The Balaban J connectivity index is 1.14. The van der Waals surface area contributed by atoms with E-state index in [0.717, 1.165) is 61.6 Å². The first-order valence-electron chi connectivity index (χ1n) is 11.2. The highest BCUT2D eigenvalue weighted by atomic mass is 32.2. The number of oxazole rings is 1. The van der Waals surface area contributed by atoms with Gasteiger partial charge in [-0.1, -0.05) is 17.8 Å². The second-order valence-electron chi connectivity index (χ2n) is 9.21. The number of hydrogen-bond acceptors (Lipinski definition) is 6. The molecule has 5 rings (SSSR count). The normalized spacial score (nSPS) is 22.7. The van der Waals surface area contributed by atoms with E-state index in [1.165, 1.54) is 12.5 Å². The number of alkyl halides is 3. The summed E-state index contributed by atoms with van der Waals surface area (Å²) in [6, 6.07) is 3.10. The van der Waals surface area contributed by atoms with Crippen molar-refractivity contribution in [1.82, 2.24) is 24.6 Å². The summed E-state index contributed by atoms with van der Waals surface area (Å²) in [5.74, 6) is 1.10. The fraction of sp³-hybridized carbons (Fsp3) is 0.522. The third kappa shape index (κ3) is 4.35. The van der Waals surface area contributed by atoms with Crippen LogP contribution in [0.2, 0.25) is 0 Å². The van der Waals surface area contributed by atoms with Gasteiger partial charge < -0.3 is 13.9 Å². The van der Waals surface area contributed by atoms with Crippen LogP contribution < -0.4 is 0 Å².